The van der Waals surface area contributed by atoms with Crippen molar-refractivity contribution in [1.82, 2.24) is 0 Å². The van der Waals surface area contributed by atoms with Crippen LogP contribution in [0.4, 0.5) is 11.4 Å². The Morgan fingerprint density at radius 3 is 2.32 bits per heavy atom. The molecule has 3 rings (SSSR count). The number of amides is 2. The maximum absolute atomic E-state index is 12.5. The van der Waals surface area contributed by atoms with Crippen LogP contribution in [0.3, 0.4) is 0 Å². The summed E-state index contributed by atoms with van der Waals surface area (Å²) in [5.74, 6) is -0.500. The summed E-state index contributed by atoms with van der Waals surface area (Å²) in [6, 6.07) is 19.5. The number of para-hydroxylation sites is 1. The topological polar surface area (TPSA) is 91.2 Å². The number of rotatable bonds is 7. The fraction of sp³-hybridized carbons (Fsp3) is 0.0800. The molecular formula is C25H18Br2ClN3O3. The Bertz CT molecular complexity index is 1280. The number of carbonyl (C=O) groups excluding carboxylic acids is 2. The van der Waals surface area contributed by atoms with E-state index in [9.17, 15) is 14.9 Å². The number of hydrogen-bond acceptors (Lipinski definition) is 4. The molecule has 172 valence electrons. The van der Waals surface area contributed by atoms with Gasteiger partial charge < -0.3 is 15.4 Å². The van der Waals surface area contributed by atoms with Gasteiger partial charge in [0.15, 0.2) is 6.61 Å². The van der Waals surface area contributed by atoms with Gasteiger partial charge >= 0.3 is 0 Å². The molecule has 0 radical (unpaired) electrons. The lowest BCUT2D eigenvalue weighted by Gasteiger charge is -2.12. The average molecular weight is 604 g/mol. The van der Waals surface area contributed by atoms with E-state index in [1.165, 1.54) is 6.08 Å². The lowest BCUT2D eigenvalue weighted by atomic mass is 10.1. The maximum atomic E-state index is 12.5. The minimum absolute atomic E-state index is 0.0628. The summed E-state index contributed by atoms with van der Waals surface area (Å²) >= 11 is 12.9. The van der Waals surface area contributed by atoms with Crippen molar-refractivity contribution >= 4 is 72.7 Å². The molecule has 6 nitrogen and oxygen atoms in total. The largest absolute Gasteiger partial charge is 0.481 e. The first-order chi connectivity index (χ1) is 16.3. The van der Waals surface area contributed by atoms with Gasteiger partial charge in [0.25, 0.3) is 11.8 Å². The van der Waals surface area contributed by atoms with Crippen molar-refractivity contribution in [2.45, 2.75) is 6.92 Å². The summed E-state index contributed by atoms with van der Waals surface area (Å²) in [6.07, 6.45) is 1.47. The normalized spacial score (nSPS) is 10.9. The summed E-state index contributed by atoms with van der Waals surface area (Å²) in [5, 5.41) is 15.3. The zero-order chi connectivity index (χ0) is 24.7. The minimum Gasteiger partial charge on any atom is -0.481 e. The molecule has 0 fully saturated rings. The first-order valence-electron chi connectivity index (χ1n) is 9.93. The van der Waals surface area contributed by atoms with Crippen molar-refractivity contribution in [2.24, 2.45) is 0 Å². The highest BCUT2D eigenvalue weighted by molar-refractivity contribution is 9.11. The highest BCUT2D eigenvalue weighted by Crippen LogP contribution is 2.35. The third-order valence-corrected chi connectivity index (χ3v) is 6.01. The van der Waals surface area contributed by atoms with Crippen molar-refractivity contribution in [3.05, 3.63) is 91.3 Å². The number of nitrogens with one attached hydrogen (secondary N) is 2. The minimum atomic E-state index is -0.518. The number of anilines is 2. The fourth-order valence-corrected chi connectivity index (χ4v) is 4.47. The first kappa shape index (κ1) is 25.5. The Morgan fingerprint density at radius 2 is 1.71 bits per heavy atom. The summed E-state index contributed by atoms with van der Waals surface area (Å²) in [5.41, 5.74) is 2.67. The second-order valence-electron chi connectivity index (χ2n) is 7.12. The molecule has 2 amide bonds. The molecule has 0 aliphatic carbocycles. The molecule has 0 saturated heterocycles. The fourth-order valence-electron chi connectivity index (χ4n) is 2.84. The van der Waals surface area contributed by atoms with Gasteiger partial charge in [-0.2, -0.15) is 5.26 Å². The zero-order valence-electron chi connectivity index (χ0n) is 17.9. The molecule has 0 spiro atoms. The lowest BCUT2D eigenvalue weighted by Crippen LogP contribution is -2.20. The average Bonchev–Trinajstić information content (AvgIpc) is 2.80. The summed E-state index contributed by atoms with van der Waals surface area (Å²) in [7, 11) is 0. The van der Waals surface area contributed by atoms with Crippen molar-refractivity contribution < 1.29 is 14.3 Å². The van der Waals surface area contributed by atoms with Crippen molar-refractivity contribution in [3.63, 3.8) is 0 Å². The van der Waals surface area contributed by atoms with Crippen LogP contribution in [0.25, 0.3) is 6.08 Å². The quantitative estimate of drug-likeness (QED) is 0.231. The standard InChI is InChI=1S/C25H18Br2ClN3O3/c1-15-6-8-18(9-7-15)30-25(33)17(13-29)10-16-11-19(26)24(20(27)12-16)34-14-23(32)31-22-5-3-2-4-21(22)28/h2-12H,14H2,1H3,(H,30,33)(H,31,32)/b17-10-. The number of ether oxygens (including phenoxy) is 1. The van der Waals surface area contributed by atoms with Gasteiger partial charge in [-0.15, -0.1) is 0 Å². The Balaban J connectivity index is 1.69. The van der Waals surface area contributed by atoms with E-state index in [-0.39, 0.29) is 18.1 Å². The smallest absolute Gasteiger partial charge is 0.266 e. The Morgan fingerprint density at radius 1 is 1.06 bits per heavy atom. The number of carbonyl (C=O) groups is 2. The molecule has 0 aromatic heterocycles. The number of aryl methyl sites for hydroxylation is 1. The zero-order valence-corrected chi connectivity index (χ0v) is 21.8. The molecule has 9 heteroatoms. The molecule has 3 aromatic carbocycles. The van der Waals surface area contributed by atoms with E-state index in [0.717, 1.165) is 5.56 Å². The van der Waals surface area contributed by atoms with E-state index in [1.807, 2.05) is 25.1 Å². The van der Waals surface area contributed by atoms with E-state index in [0.29, 0.717) is 36.7 Å². The third kappa shape index (κ3) is 6.94. The second kappa shape index (κ2) is 11.8. The van der Waals surface area contributed by atoms with Gasteiger partial charge in [0.2, 0.25) is 0 Å². The van der Waals surface area contributed by atoms with E-state index >= 15 is 0 Å². The molecule has 0 bridgehead atoms. The number of nitriles is 1. The number of hydrogen-bond donors (Lipinski definition) is 2. The number of halogens is 3. The molecule has 0 saturated carbocycles. The molecule has 0 atom stereocenters. The molecule has 0 aliphatic heterocycles. The molecular weight excluding hydrogens is 586 g/mol. The van der Waals surface area contributed by atoms with Gasteiger partial charge in [-0.05, 0) is 86.8 Å². The Labute approximate surface area is 218 Å². The molecule has 34 heavy (non-hydrogen) atoms. The van der Waals surface area contributed by atoms with E-state index < -0.39 is 5.91 Å². The van der Waals surface area contributed by atoms with Crippen molar-refractivity contribution in [3.8, 4) is 11.8 Å². The van der Waals surface area contributed by atoms with Crippen LogP contribution >= 0.6 is 43.5 Å². The van der Waals surface area contributed by atoms with Crippen LogP contribution in [0.15, 0.2) is 75.2 Å². The molecule has 0 unspecified atom stereocenters. The van der Waals surface area contributed by atoms with Gasteiger partial charge in [-0.1, -0.05) is 41.4 Å². The highest BCUT2D eigenvalue weighted by Gasteiger charge is 2.14. The van der Waals surface area contributed by atoms with E-state index in [2.05, 4.69) is 42.5 Å². The third-order valence-electron chi connectivity index (χ3n) is 4.50. The Kier molecular flexibility index (Phi) is 8.88. The van der Waals surface area contributed by atoms with Crippen molar-refractivity contribution in [2.75, 3.05) is 17.2 Å². The van der Waals surface area contributed by atoms with Gasteiger partial charge in [0.1, 0.15) is 17.4 Å². The van der Waals surface area contributed by atoms with Crippen LogP contribution in [-0.2, 0) is 9.59 Å². The lowest BCUT2D eigenvalue weighted by molar-refractivity contribution is -0.118. The summed E-state index contributed by atoms with van der Waals surface area (Å²) < 4.78 is 6.72. The van der Waals surface area contributed by atoms with Gasteiger partial charge in [-0.3, -0.25) is 9.59 Å². The first-order valence-corrected chi connectivity index (χ1v) is 11.9. The van der Waals surface area contributed by atoms with Crippen LogP contribution in [-0.4, -0.2) is 18.4 Å². The number of benzene rings is 3. The predicted molar refractivity (Wildman–Crippen MR) is 141 cm³/mol. The summed E-state index contributed by atoms with van der Waals surface area (Å²) in [6.45, 7) is 1.70. The highest BCUT2D eigenvalue weighted by atomic mass is 79.9. The van der Waals surface area contributed by atoms with E-state index in [4.69, 9.17) is 16.3 Å². The number of nitrogens with zero attached hydrogens (tertiary/aromatic N) is 1. The predicted octanol–water partition coefficient (Wildman–Crippen LogP) is 6.74. The van der Waals surface area contributed by atoms with Crippen LogP contribution in [0.5, 0.6) is 5.75 Å². The molecule has 3 aromatic rings. The van der Waals surface area contributed by atoms with Crippen molar-refractivity contribution in [1.29, 1.82) is 5.26 Å². The van der Waals surface area contributed by atoms with Gasteiger partial charge in [-0.25, -0.2) is 0 Å². The van der Waals surface area contributed by atoms with Gasteiger partial charge in [0.05, 0.1) is 19.7 Å². The SMILES string of the molecule is Cc1ccc(NC(=O)/C(C#N)=C\c2cc(Br)c(OCC(=O)Nc3ccccc3Cl)c(Br)c2)cc1. The maximum Gasteiger partial charge on any atom is 0.266 e. The van der Waals surface area contributed by atoms with Crippen LogP contribution in [0.1, 0.15) is 11.1 Å². The van der Waals surface area contributed by atoms with E-state index in [1.54, 1.807) is 48.5 Å². The summed E-state index contributed by atoms with van der Waals surface area (Å²) in [4.78, 5) is 24.8. The monoisotopic (exact) mass is 601 g/mol. The molecule has 2 N–H and O–H groups in total. The Hall–Kier alpha value is -3.12. The molecule has 0 heterocycles. The molecule has 0 aliphatic rings. The van der Waals surface area contributed by atoms with Crippen LogP contribution < -0.4 is 15.4 Å². The second-order valence-corrected chi connectivity index (χ2v) is 9.24. The van der Waals surface area contributed by atoms with Crippen LogP contribution in [0.2, 0.25) is 5.02 Å². The van der Waals surface area contributed by atoms with Crippen LogP contribution in [0, 0.1) is 18.3 Å². The van der Waals surface area contributed by atoms with Gasteiger partial charge in [0, 0.05) is 5.69 Å².